The largest absolute Gasteiger partial charge is 0.357 e. The monoisotopic (exact) mass is 544 g/mol. The number of hydrogen-bond donors (Lipinski definition) is 1. The quantitative estimate of drug-likeness (QED) is 0.333. The van der Waals surface area contributed by atoms with E-state index in [1.165, 1.54) is 50.3 Å². The smallest absolute Gasteiger partial charge is 0.194 e. The highest BCUT2D eigenvalue weighted by molar-refractivity contribution is 14.0. The predicted molar refractivity (Wildman–Crippen MR) is 131 cm³/mol. The number of aliphatic imine (C=N–C) groups is 1. The molecule has 3 aliphatic rings. The molecule has 2 saturated heterocycles. The number of sulfone groups is 1. The lowest BCUT2D eigenvalue weighted by molar-refractivity contribution is 0.112. The first-order valence-electron chi connectivity index (χ1n) is 10.4. The van der Waals surface area contributed by atoms with Crippen molar-refractivity contribution in [1.82, 2.24) is 15.1 Å². The van der Waals surface area contributed by atoms with Crippen LogP contribution in [0.15, 0.2) is 4.99 Å². The van der Waals surface area contributed by atoms with E-state index < -0.39 is 14.6 Å². The number of guanidine groups is 1. The zero-order chi connectivity index (χ0) is 19.5. The Kier molecular flexibility index (Phi) is 8.80. The Labute approximate surface area is 192 Å². The van der Waals surface area contributed by atoms with Crippen LogP contribution >= 0.6 is 35.7 Å². The summed E-state index contributed by atoms with van der Waals surface area (Å²) in [6, 6.07) is 0. The van der Waals surface area contributed by atoms with Crippen molar-refractivity contribution >= 4 is 51.5 Å². The highest BCUT2D eigenvalue weighted by Gasteiger charge is 2.42. The molecule has 3 rings (SSSR count). The number of halogens is 1. The number of hydrogen-bond acceptors (Lipinski definition) is 5. The van der Waals surface area contributed by atoms with E-state index in [2.05, 4.69) is 33.8 Å². The van der Waals surface area contributed by atoms with Gasteiger partial charge in [0.2, 0.25) is 0 Å². The molecular weight excluding hydrogens is 507 g/mol. The summed E-state index contributed by atoms with van der Waals surface area (Å²) < 4.78 is 24.0. The van der Waals surface area contributed by atoms with Crippen LogP contribution in [0.3, 0.4) is 0 Å². The number of nitrogens with zero attached hydrogens (tertiary/aromatic N) is 3. The van der Waals surface area contributed by atoms with Gasteiger partial charge in [0.1, 0.15) is 0 Å². The van der Waals surface area contributed by atoms with Crippen LogP contribution in [0.1, 0.15) is 46.5 Å². The van der Waals surface area contributed by atoms with Crippen molar-refractivity contribution in [3.05, 3.63) is 0 Å². The molecule has 0 bridgehead atoms. The van der Waals surface area contributed by atoms with Gasteiger partial charge in [-0.15, -0.1) is 24.0 Å². The van der Waals surface area contributed by atoms with Crippen molar-refractivity contribution in [2.75, 3.05) is 56.5 Å². The zero-order valence-electron chi connectivity index (χ0n) is 17.6. The predicted octanol–water partition coefficient (Wildman–Crippen LogP) is 2.44. The van der Waals surface area contributed by atoms with Crippen LogP contribution in [0.4, 0.5) is 0 Å². The third-order valence-electron chi connectivity index (χ3n) is 6.42. The van der Waals surface area contributed by atoms with Crippen LogP contribution in [0.25, 0.3) is 0 Å². The first kappa shape index (κ1) is 24.5. The molecule has 9 heteroatoms. The van der Waals surface area contributed by atoms with Crippen LogP contribution in [0.5, 0.6) is 0 Å². The summed E-state index contributed by atoms with van der Waals surface area (Å²) in [6.07, 6.45) is 5.07. The maximum Gasteiger partial charge on any atom is 0.194 e. The van der Waals surface area contributed by atoms with Crippen molar-refractivity contribution in [1.29, 1.82) is 0 Å². The number of thioether (sulfide) groups is 1. The van der Waals surface area contributed by atoms with Gasteiger partial charge < -0.3 is 10.2 Å². The first-order chi connectivity index (χ1) is 12.8. The fraction of sp³-hybridized carbons (Fsp3) is 0.947. The van der Waals surface area contributed by atoms with Crippen LogP contribution in [-0.2, 0) is 9.84 Å². The van der Waals surface area contributed by atoms with Crippen molar-refractivity contribution in [2.24, 2.45) is 4.99 Å². The zero-order valence-corrected chi connectivity index (χ0v) is 21.5. The summed E-state index contributed by atoms with van der Waals surface area (Å²) in [4.78, 5) is 9.91. The second-order valence-corrected chi connectivity index (χ2v) is 12.7. The van der Waals surface area contributed by atoms with E-state index in [1.54, 1.807) is 0 Å². The van der Waals surface area contributed by atoms with E-state index in [1.807, 2.05) is 13.8 Å². The molecule has 0 aromatic carbocycles. The van der Waals surface area contributed by atoms with Crippen molar-refractivity contribution in [2.45, 2.75) is 56.7 Å². The lowest BCUT2D eigenvalue weighted by Crippen LogP contribution is -2.58. The van der Waals surface area contributed by atoms with Gasteiger partial charge in [0.05, 0.1) is 17.0 Å². The Bertz CT molecular complexity index is 642. The van der Waals surface area contributed by atoms with Gasteiger partial charge in [-0.25, -0.2) is 8.42 Å². The molecule has 1 aliphatic carbocycles. The second-order valence-electron chi connectivity index (χ2n) is 8.70. The third-order valence-corrected chi connectivity index (χ3v) is 9.89. The molecule has 0 aromatic heterocycles. The standard InChI is InChI=1S/C19H36N4O2S2.HI/c1-4-20-17(22-11-14-27(24,25)18(2,3)16-22)21-15-19(7-5-6-8-19)23-9-12-26-13-10-23;/h4-16H2,1-3H3,(H,20,21);1H. The Hall–Kier alpha value is 0.260. The van der Waals surface area contributed by atoms with Crippen LogP contribution < -0.4 is 5.32 Å². The lowest BCUT2D eigenvalue weighted by atomic mass is 9.95. The summed E-state index contributed by atoms with van der Waals surface area (Å²) in [5, 5.41) is 3.42. The summed E-state index contributed by atoms with van der Waals surface area (Å²) in [7, 11) is -3.04. The molecule has 0 aromatic rings. The van der Waals surface area contributed by atoms with Crippen molar-refractivity contribution < 1.29 is 8.42 Å². The molecule has 2 heterocycles. The third kappa shape index (κ3) is 5.29. The Morgan fingerprint density at radius 3 is 2.36 bits per heavy atom. The molecule has 1 N–H and O–H groups in total. The van der Waals surface area contributed by atoms with Crippen LogP contribution in [0, 0.1) is 0 Å². The minimum Gasteiger partial charge on any atom is -0.357 e. The molecule has 0 spiro atoms. The number of rotatable bonds is 4. The molecule has 6 nitrogen and oxygen atoms in total. The Balaban J connectivity index is 0.00000280. The fourth-order valence-corrected chi connectivity index (χ4v) is 6.89. The Morgan fingerprint density at radius 2 is 1.79 bits per heavy atom. The number of nitrogens with one attached hydrogen (secondary N) is 1. The van der Waals surface area contributed by atoms with Crippen molar-refractivity contribution in [3.8, 4) is 0 Å². The highest BCUT2D eigenvalue weighted by atomic mass is 127. The van der Waals surface area contributed by atoms with E-state index in [9.17, 15) is 8.42 Å². The van der Waals surface area contributed by atoms with E-state index >= 15 is 0 Å². The second kappa shape index (κ2) is 10.0. The Morgan fingerprint density at radius 1 is 1.14 bits per heavy atom. The van der Waals surface area contributed by atoms with Gasteiger partial charge in [-0.1, -0.05) is 12.8 Å². The molecule has 164 valence electrons. The molecule has 28 heavy (non-hydrogen) atoms. The van der Waals surface area contributed by atoms with Gasteiger partial charge in [0.25, 0.3) is 0 Å². The van der Waals surface area contributed by atoms with E-state index in [0.717, 1.165) is 19.0 Å². The van der Waals surface area contributed by atoms with E-state index in [4.69, 9.17) is 4.99 Å². The first-order valence-corrected chi connectivity index (χ1v) is 13.2. The van der Waals surface area contributed by atoms with Gasteiger partial charge in [-0.2, -0.15) is 11.8 Å². The van der Waals surface area contributed by atoms with Gasteiger partial charge >= 0.3 is 0 Å². The van der Waals surface area contributed by atoms with E-state index in [-0.39, 0.29) is 35.3 Å². The van der Waals surface area contributed by atoms with E-state index in [0.29, 0.717) is 13.1 Å². The van der Waals surface area contributed by atoms with Gasteiger partial charge in [0, 0.05) is 49.8 Å². The minimum atomic E-state index is -3.04. The topological polar surface area (TPSA) is 65.0 Å². The lowest BCUT2D eigenvalue weighted by Gasteiger charge is -2.43. The fourth-order valence-electron chi connectivity index (χ4n) is 4.62. The normalized spacial score (nSPS) is 27.2. The highest BCUT2D eigenvalue weighted by Crippen LogP contribution is 2.37. The molecule has 0 amide bonds. The van der Waals surface area contributed by atoms with Gasteiger partial charge in [-0.05, 0) is 33.6 Å². The molecule has 0 atom stereocenters. The maximum absolute atomic E-state index is 12.4. The molecule has 0 unspecified atom stereocenters. The summed E-state index contributed by atoms with van der Waals surface area (Å²) in [5.41, 5.74) is 0.207. The molecular formula is C19H37IN4O2S2. The molecule has 2 aliphatic heterocycles. The summed E-state index contributed by atoms with van der Waals surface area (Å²) in [6.45, 7) is 10.8. The maximum atomic E-state index is 12.4. The SMILES string of the molecule is CCNC(=NCC1(N2CCSCC2)CCCC1)N1CCS(=O)(=O)C(C)(C)C1.I. The summed E-state index contributed by atoms with van der Waals surface area (Å²) in [5.74, 6) is 3.55. The molecule has 3 fully saturated rings. The average molecular weight is 545 g/mol. The molecule has 1 saturated carbocycles. The van der Waals surface area contributed by atoms with Crippen LogP contribution in [0.2, 0.25) is 0 Å². The molecule has 0 radical (unpaired) electrons. The minimum absolute atomic E-state index is 0. The van der Waals surface area contributed by atoms with Crippen molar-refractivity contribution in [3.63, 3.8) is 0 Å². The summed E-state index contributed by atoms with van der Waals surface area (Å²) >= 11 is 2.06. The van der Waals surface area contributed by atoms with Crippen LogP contribution in [-0.4, -0.2) is 91.0 Å². The van der Waals surface area contributed by atoms with Gasteiger partial charge in [0.15, 0.2) is 15.8 Å². The van der Waals surface area contributed by atoms with Gasteiger partial charge in [-0.3, -0.25) is 9.89 Å². The average Bonchev–Trinajstić information content (AvgIpc) is 3.12.